The van der Waals surface area contributed by atoms with E-state index >= 15 is 0 Å². The molecule has 1 N–H and O–H groups in total. The summed E-state index contributed by atoms with van der Waals surface area (Å²) in [5.74, 6) is -1.49. The summed E-state index contributed by atoms with van der Waals surface area (Å²) in [6.07, 6.45) is 4.06. The van der Waals surface area contributed by atoms with Crippen LogP contribution in [-0.4, -0.2) is 73.4 Å². The number of carbonyl (C=O) groups is 4. The Morgan fingerprint density at radius 1 is 0.756 bits per heavy atom. The van der Waals surface area contributed by atoms with Gasteiger partial charge < -0.3 is 4.57 Å². The molecule has 0 aliphatic carbocycles. The molecule has 10 nitrogen and oxygen atoms in total. The number of hydrogen-bond donors (Lipinski definition) is 1. The molecule has 0 saturated carbocycles. The molecule has 0 saturated heterocycles. The topological polar surface area (TPSA) is 108 Å². The molecule has 226 valence electrons. The summed E-state index contributed by atoms with van der Waals surface area (Å²) in [6.45, 7) is 5.55. The first-order chi connectivity index (χ1) is 21.7. The zero-order chi connectivity index (χ0) is 31.6. The average molecular weight is 601 g/mol. The van der Waals surface area contributed by atoms with Gasteiger partial charge in [-0.15, -0.1) is 0 Å². The maximum absolute atomic E-state index is 13.9. The zero-order valence-electron chi connectivity index (χ0n) is 25.4. The second-order valence-electron chi connectivity index (χ2n) is 11.6. The average Bonchev–Trinajstić information content (AvgIpc) is 3.59. The van der Waals surface area contributed by atoms with Crippen molar-refractivity contribution in [2.45, 2.75) is 45.7 Å². The molecule has 2 aliphatic heterocycles. The summed E-state index contributed by atoms with van der Waals surface area (Å²) in [5, 5.41) is 6.37. The lowest BCUT2D eigenvalue weighted by Crippen LogP contribution is -2.61. The molecular formula is C35H32N6O4. The van der Waals surface area contributed by atoms with Gasteiger partial charge in [0.25, 0.3) is 23.6 Å². The minimum Gasteiger partial charge on any atom is -0.306 e. The summed E-state index contributed by atoms with van der Waals surface area (Å²) < 4.78 is 1.86. The van der Waals surface area contributed by atoms with E-state index in [-0.39, 0.29) is 18.0 Å². The van der Waals surface area contributed by atoms with Gasteiger partial charge in [0, 0.05) is 50.8 Å². The molecular weight excluding hydrogens is 568 g/mol. The minimum absolute atomic E-state index is 0.354. The van der Waals surface area contributed by atoms with Crippen LogP contribution in [0.25, 0.3) is 27.2 Å². The van der Waals surface area contributed by atoms with Gasteiger partial charge in [-0.2, -0.15) is 0 Å². The highest BCUT2D eigenvalue weighted by Crippen LogP contribution is 2.35. The van der Waals surface area contributed by atoms with E-state index in [1.807, 2.05) is 79.0 Å². The molecule has 0 spiro atoms. The molecule has 10 heteroatoms. The first kappa shape index (κ1) is 28.6. The molecule has 4 amide bonds. The highest BCUT2D eigenvalue weighted by Gasteiger charge is 2.40. The molecule has 4 aromatic carbocycles. The van der Waals surface area contributed by atoms with Crippen molar-refractivity contribution in [2.75, 3.05) is 7.05 Å². The number of amides is 4. The molecule has 3 heterocycles. The van der Waals surface area contributed by atoms with Crippen LogP contribution in [-0.2, 0) is 0 Å². The van der Waals surface area contributed by atoms with Crippen LogP contribution in [0.4, 0.5) is 0 Å². The molecule has 45 heavy (non-hydrogen) atoms. The third kappa shape index (κ3) is 4.28. The fourth-order valence-electron chi connectivity index (χ4n) is 6.79. The molecule has 7 rings (SSSR count). The van der Waals surface area contributed by atoms with Gasteiger partial charge in [-0.25, -0.2) is 4.98 Å². The first-order valence-electron chi connectivity index (χ1n) is 15.0. The summed E-state index contributed by atoms with van der Waals surface area (Å²) in [5.41, 5.74) is 2.71. The lowest BCUT2D eigenvalue weighted by atomic mass is 9.92. The number of imide groups is 2. The molecule has 0 fully saturated rings. The third-order valence-electron chi connectivity index (χ3n) is 9.16. The summed E-state index contributed by atoms with van der Waals surface area (Å²) >= 11 is 0. The van der Waals surface area contributed by atoms with Crippen molar-refractivity contribution in [2.24, 2.45) is 0 Å². The van der Waals surface area contributed by atoms with Crippen molar-refractivity contribution in [1.82, 2.24) is 29.6 Å². The summed E-state index contributed by atoms with van der Waals surface area (Å²) in [4.78, 5) is 63.8. The molecule has 0 bridgehead atoms. The Labute approximate surface area is 259 Å². The van der Waals surface area contributed by atoms with E-state index in [1.54, 1.807) is 43.7 Å². The normalized spacial score (nSPS) is 16.6. The van der Waals surface area contributed by atoms with Crippen molar-refractivity contribution in [3.63, 3.8) is 0 Å². The number of aromatic nitrogens is 2. The molecule has 3 unspecified atom stereocenters. The SMILES string of the molecule is CCC(NC(C)N1C(=O)c2cccc3c(-n4ccnc4)ccc(c23)C1=O)N(C)C(C)N1C(=O)c2cccc3cccc(c23)C1=O. The van der Waals surface area contributed by atoms with Crippen LogP contribution in [0.15, 0.2) is 85.5 Å². The smallest absolute Gasteiger partial charge is 0.262 e. The van der Waals surface area contributed by atoms with E-state index in [0.717, 1.165) is 16.5 Å². The van der Waals surface area contributed by atoms with Crippen LogP contribution in [0.5, 0.6) is 0 Å². The number of hydrogen-bond acceptors (Lipinski definition) is 7. The van der Waals surface area contributed by atoms with Crippen molar-refractivity contribution < 1.29 is 19.2 Å². The number of carbonyl (C=O) groups excluding carboxylic acids is 4. The summed E-state index contributed by atoms with van der Waals surface area (Å²) in [6, 6.07) is 20.0. The predicted molar refractivity (Wildman–Crippen MR) is 170 cm³/mol. The lowest BCUT2D eigenvalue weighted by Gasteiger charge is -2.42. The minimum atomic E-state index is -0.691. The largest absolute Gasteiger partial charge is 0.306 e. The highest BCUT2D eigenvalue weighted by molar-refractivity contribution is 6.27. The van der Waals surface area contributed by atoms with Crippen LogP contribution in [0.2, 0.25) is 0 Å². The van der Waals surface area contributed by atoms with Crippen molar-refractivity contribution in [3.8, 4) is 5.69 Å². The van der Waals surface area contributed by atoms with Gasteiger partial charge in [-0.1, -0.05) is 43.3 Å². The fourth-order valence-corrected chi connectivity index (χ4v) is 6.79. The Balaban J connectivity index is 1.15. The van der Waals surface area contributed by atoms with Gasteiger partial charge >= 0.3 is 0 Å². The van der Waals surface area contributed by atoms with E-state index in [9.17, 15) is 19.2 Å². The van der Waals surface area contributed by atoms with E-state index in [0.29, 0.717) is 39.4 Å². The molecule has 3 atom stereocenters. The Bertz CT molecular complexity index is 1960. The van der Waals surface area contributed by atoms with Gasteiger partial charge in [0.1, 0.15) is 0 Å². The van der Waals surface area contributed by atoms with Crippen LogP contribution in [0.3, 0.4) is 0 Å². The van der Waals surface area contributed by atoms with Crippen molar-refractivity contribution in [1.29, 1.82) is 0 Å². The van der Waals surface area contributed by atoms with Crippen molar-refractivity contribution in [3.05, 3.63) is 108 Å². The lowest BCUT2D eigenvalue weighted by molar-refractivity contribution is 0.0153. The van der Waals surface area contributed by atoms with Crippen LogP contribution in [0.1, 0.15) is 68.6 Å². The Kier molecular flexibility index (Phi) is 6.83. The predicted octanol–water partition coefficient (Wildman–Crippen LogP) is 5.02. The first-order valence-corrected chi connectivity index (χ1v) is 15.0. The monoisotopic (exact) mass is 600 g/mol. The van der Waals surface area contributed by atoms with Gasteiger partial charge in [0.05, 0.1) is 30.5 Å². The Morgan fingerprint density at radius 3 is 1.93 bits per heavy atom. The number of imidazole rings is 1. The standard InChI is InChI=1S/C35H32N6O4/c1-5-29(38(4)21(3)41-34(44)24-12-6-9-22-10-7-13-25(30(22)24)35(41)45)37-20(2)40-32(42)26-14-8-11-23-28(39-18-17-36-19-39)16-15-27(31(23)26)33(40)43/h6-21,29,37H,5H2,1-4H3. The Hall–Kier alpha value is -5.19. The quantitative estimate of drug-likeness (QED) is 0.197. The second kappa shape index (κ2) is 10.8. The molecule has 0 radical (unpaired) electrons. The number of nitrogens with zero attached hydrogens (tertiary/aromatic N) is 5. The van der Waals surface area contributed by atoms with E-state index in [2.05, 4.69) is 10.3 Å². The van der Waals surface area contributed by atoms with E-state index in [4.69, 9.17) is 0 Å². The third-order valence-corrected chi connectivity index (χ3v) is 9.16. The van der Waals surface area contributed by atoms with Gasteiger partial charge in [-0.3, -0.25) is 39.2 Å². The second-order valence-corrected chi connectivity index (χ2v) is 11.6. The molecule has 1 aromatic heterocycles. The van der Waals surface area contributed by atoms with Crippen molar-refractivity contribution >= 4 is 45.2 Å². The van der Waals surface area contributed by atoms with Crippen LogP contribution >= 0.6 is 0 Å². The molecule has 5 aromatic rings. The van der Waals surface area contributed by atoms with E-state index < -0.39 is 24.1 Å². The van der Waals surface area contributed by atoms with Gasteiger partial charge in [0.15, 0.2) is 0 Å². The van der Waals surface area contributed by atoms with E-state index in [1.165, 1.54) is 9.80 Å². The zero-order valence-corrected chi connectivity index (χ0v) is 25.4. The van der Waals surface area contributed by atoms with Gasteiger partial charge in [0.2, 0.25) is 0 Å². The fraction of sp³-hybridized carbons (Fsp3) is 0.229. The maximum Gasteiger partial charge on any atom is 0.262 e. The Morgan fingerprint density at radius 2 is 1.33 bits per heavy atom. The maximum atomic E-state index is 13.9. The number of benzene rings is 4. The van der Waals surface area contributed by atoms with Gasteiger partial charge in [-0.05, 0) is 63.0 Å². The molecule has 2 aliphatic rings. The van der Waals surface area contributed by atoms with Crippen LogP contribution in [0, 0.1) is 0 Å². The summed E-state index contributed by atoms with van der Waals surface area (Å²) in [7, 11) is 1.83. The number of nitrogens with one attached hydrogen (secondary N) is 1. The number of rotatable bonds is 8. The van der Waals surface area contributed by atoms with Crippen LogP contribution < -0.4 is 5.32 Å². The highest BCUT2D eigenvalue weighted by atomic mass is 16.2.